The van der Waals surface area contributed by atoms with Crippen LogP contribution in [0.4, 0.5) is 0 Å². The predicted octanol–water partition coefficient (Wildman–Crippen LogP) is 3.11. The Kier molecular flexibility index (Phi) is 5.41. The lowest BCUT2D eigenvalue weighted by molar-refractivity contribution is 0.394. The van der Waals surface area contributed by atoms with Gasteiger partial charge in [0.25, 0.3) is 0 Å². The molecule has 0 aliphatic carbocycles. The zero-order valence-electron chi connectivity index (χ0n) is 10.2. The van der Waals surface area contributed by atoms with Gasteiger partial charge in [-0.2, -0.15) is 0 Å². The molecule has 0 saturated heterocycles. The molecule has 1 aromatic carbocycles. The topological polar surface area (TPSA) is 12.0 Å². The summed E-state index contributed by atoms with van der Waals surface area (Å²) in [5.41, 5.74) is 1.42. The van der Waals surface area contributed by atoms with Crippen LogP contribution in [0, 0.1) is 11.8 Å². The van der Waals surface area contributed by atoms with Crippen LogP contribution in [0.5, 0.6) is 0 Å². The fourth-order valence-electron chi connectivity index (χ4n) is 1.44. The van der Waals surface area contributed by atoms with Crippen molar-refractivity contribution in [2.24, 2.45) is 11.8 Å². The molecule has 0 bridgehead atoms. The summed E-state index contributed by atoms with van der Waals surface area (Å²) in [6, 6.07) is 10.6. The maximum absolute atomic E-state index is 3.51. The highest BCUT2D eigenvalue weighted by atomic mass is 14.8. The molecule has 1 unspecified atom stereocenters. The van der Waals surface area contributed by atoms with Crippen LogP contribution in [0.3, 0.4) is 0 Å². The maximum Gasteiger partial charge on any atom is -0.000824 e. The molecular weight excluding hydrogens is 182 g/mol. The third-order valence-electron chi connectivity index (χ3n) is 3.04. The molecule has 0 heterocycles. The fourth-order valence-corrected chi connectivity index (χ4v) is 1.44. The van der Waals surface area contributed by atoms with Gasteiger partial charge < -0.3 is 5.32 Å². The van der Waals surface area contributed by atoms with Crippen molar-refractivity contribution in [2.75, 3.05) is 13.1 Å². The van der Waals surface area contributed by atoms with Gasteiger partial charge in [0.1, 0.15) is 0 Å². The molecule has 0 radical (unpaired) electrons. The minimum Gasteiger partial charge on any atom is -0.316 e. The van der Waals surface area contributed by atoms with E-state index in [-0.39, 0.29) is 0 Å². The van der Waals surface area contributed by atoms with Gasteiger partial charge in [-0.25, -0.2) is 0 Å². The zero-order valence-corrected chi connectivity index (χ0v) is 10.2. The highest BCUT2D eigenvalue weighted by Crippen LogP contribution is 2.07. The minimum absolute atomic E-state index is 0.765. The predicted molar refractivity (Wildman–Crippen MR) is 67.0 cm³/mol. The lowest BCUT2D eigenvalue weighted by atomic mass is 9.98. The van der Waals surface area contributed by atoms with Crippen LogP contribution in [-0.4, -0.2) is 13.1 Å². The van der Waals surface area contributed by atoms with Crippen molar-refractivity contribution in [1.82, 2.24) is 5.32 Å². The van der Waals surface area contributed by atoms with Crippen LogP contribution >= 0.6 is 0 Å². The Morgan fingerprint density at radius 2 is 1.73 bits per heavy atom. The molecule has 0 amide bonds. The number of nitrogens with one attached hydrogen (secondary N) is 1. The molecule has 0 saturated carbocycles. The molecule has 0 aromatic heterocycles. The Labute approximate surface area is 93.9 Å². The maximum atomic E-state index is 3.51. The van der Waals surface area contributed by atoms with Gasteiger partial charge in [0.05, 0.1) is 0 Å². The summed E-state index contributed by atoms with van der Waals surface area (Å²) in [6.45, 7) is 9.08. The van der Waals surface area contributed by atoms with E-state index < -0.39 is 0 Å². The molecule has 0 fully saturated rings. The minimum atomic E-state index is 0.765. The van der Waals surface area contributed by atoms with Crippen molar-refractivity contribution in [2.45, 2.75) is 27.2 Å². The first-order chi connectivity index (χ1) is 7.20. The van der Waals surface area contributed by atoms with E-state index in [0.29, 0.717) is 0 Å². The molecule has 0 aliphatic rings. The third kappa shape index (κ3) is 4.98. The van der Waals surface area contributed by atoms with E-state index in [1.807, 2.05) is 0 Å². The smallest absolute Gasteiger partial charge is 0.000824 e. The molecule has 1 N–H and O–H groups in total. The van der Waals surface area contributed by atoms with E-state index in [9.17, 15) is 0 Å². The van der Waals surface area contributed by atoms with Crippen molar-refractivity contribution in [3.63, 3.8) is 0 Å². The van der Waals surface area contributed by atoms with Gasteiger partial charge in [-0.15, -0.1) is 0 Å². The summed E-state index contributed by atoms with van der Waals surface area (Å²) in [6.07, 6.45) is 1.13. The van der Waals surface area contributed by atoms with E-state index in [0.717, 1.165) is 31.3 Å². The SMILES string of the molecule is CC(C)C(C)CNCCc1ccccc1. The Hall–Kier alpha value is -0.820. The monoisotopic (exact) mass is 205 g/mol. The Morgan fingerprint density at radius 3 is 2.33 bits per heavy atom. The van der Waals surface area contributed by atoms with Crippen molar-refractivity contribution in [3.05, 3.63) is 35.9 Å². The zero-order chi connectivity index (χ0) is 11.1. The van der Waals surface area contributed by atoms with E-state index in [1.54, 1.807) is 0 Å². The van der Waals surface area contributed by atoms with E-state index in [4.69, 9.17) is 0 Å². The lowest BCUT2D eigenvalue weighted by Crippen LogP contribution is -2.26. The number of rotatable bonds is 6. The van der Waals surface area contributed by atoms with E-state index in [1.165, 1.54) is 5.56 Å². The molecule has 1 nitrogen and oxygen atoms in total. The van der Waals surface area contributed by atoms with Crippen molar-refractivity contribution < 1.29 is 0 Å². The van der Waals surface area contributed by atoms with Crippen LogP contribution in [0.1, 0.15) is 26.3 Å². The highest BCUT2D eigenvalue weighted by Gasteiger charge is 2.05. The van der Waals surface area contributed by atoms with Gasteiger partial charge >= 0.3 is 0 Å². The van der Waals surface area contributed by atoms with E-state index >= 15 is 0 Å². The van der Waals surface area contributed by atoms with Crippen LogP contribution < -0.4 is 5.32 Å². The van der Waals surface area contributed by atoms with Gasteiger partial charge in [0, 0.05) is 0 Å². The quantitative estimate of drug-likeness (QED) is 0.704. The normalized spacial score (nSPS) is 13.1. The van der Waals surface area contributed by atoms with Crippen molar-refractivity contribution in [1.29, 1.82) is 0 Å². The number of hydrogen-bond acceptors (Lipinski definition) is 1. The molecule has 15 heavy (non-hydrogen) atoms. The largest absolute Gasteiger partial charge is 0.316 e. The van der Waals surface area contributed by atoms with Gasteiger partial charge in [0.2, 0.25) is 0 Å². The van der Waals surface area contributed by atoms with Crippen LogP contribution in [0.15, 0.2) is 30.3 Å². The average Bonchev–Trinajstić information content (AvgIpc) is 2.25. The summed E-state index contributed by atoms with van der Waals surface area (Å²) in [5.74, 6) is 1.54. The van der Waals surface area contributed by atoms with E-state index in [2.05, 4.69) is 56.4 Å². The van der Waals surface area contributed by atoms with Crippen LogP contribution in [0.25, 0.3) is 0 Å². The summed E-state index contributed by atoms with van der Waals surface area (Å²) < 4.78 is 0. The molecule has 84 valence electrons. The summed E-state index contributed by atoms with van der Waals surface area (Å²) >= 11 is 0. The highest BCUT2D eigenvalue weighted by molar-refractivity contribution is 5.14. The first-order valence-corrected chi connectivity index (χ1v) is 5.94. The average molecular weight is 205 g/mol. The number of hydrogen-bond donors (Lipinski definition) is 1. The lowest BCUT2D eigenvalue weighted by Gasteiger charge is -2.15. The Morgan fingerprint density at radius 1 is 1.07 bits per heavy atom. The van der Waals surface area contributed by atoms with Crippen LogP contribution in [0.2, 0.25) is 0 Å². The number of benzene rings is 1. The summed E-state index contributed by atoms with van der Waals surface area (Å²) in [5, 5.41) is 3.51. The summed E-state index contributed by atoms with van der Waals surface area (Å²) in [4.78, 5) is 0. The molecular formula is C14H23N. The molecule has 0 aliphatic heterocycles. The van der Waals surface area contributed by atoms with Gasteiger partial charge in [0.15, 0.2) is 0 Å². The standard InChI is InChI=1S/C14H23N/c1-12(2)13(3)11-15-10-9-14-7-5-4-6-8-14/h4-8,12-13,15H,9-11H2,1-3H3. The second-order valence-corrected chi connectivity index (χ2v) is 4.66. The van der Waals surface area contributed by atoms with Gasteiger partial charge in [-0.1, -0.05) is 51.1 Å². The van der Waals surface area contributed by atoms with Gasteiger partial charge in [-0.3, -0.25) is 0 Å². The first kappa shape index (κ1) is 12.3. The first-order valence-electron chi connectivity index (χ1n) is 5.94. The molecule has 1 rings (SSSR count). The third-order valence-corrected chi connectivity index (χ3v) is 3.04. The molecule has 1 atom stereocenters. The van der Waals surface area contributed by atoms with Crippen LogP contribution in [-0.2, 0) is 6.42 Å². The van der Waals surface area contributed by atoms with Gasteiger partial charge in [-0.05, 0) is 36.9 Å². The fraction of sp³-hybridized carbons (Fsp3) is 0.571. The molecule has 1 aromatic rings. The summed E-state index contributed by atoms with van der Waals surface area (Å²) in [7, 11) is 0. The van der Waals surface area contributed by atoms with Crippen molar-refractivity contribution in [3.8, 4) is 0 Å². The second-order valence-electron chi connectivity index (χ2n) is 4.66. The Bertz CT molecular complexity index is 253. The second kappa shape index (κ2) is 6.62. The Balaban J connectivity index is 2.12. The molecule has 1 heteroatoms. The van der Waals surface area contributed by atoms with Crippen molar-refractivity contribution >= 4 is 0 Å². The molecule has 0 spiro atoms.